The lowest BCUT2D eigenvalue weighted by atomic mass is 10.1. The van der Waals surface area contributed by atoms with Crippen molar-refractivity contribution in [3.05, 3.63) is 35.4 Å². The van der Waals surface area contributed by atoms with Gasteiger partial charge in [-0.2, -0.15) is 13.2 Å². The highest BCUT2D eigenvalue weighted by molar-refractivity contribution is 5.98. The number of rotatable bonds is 4. The number of ether oxygens (including phenoxy) is 1. The fourth-order valence-corrected chi connectivity index (χ4v) is 1.66. The number of esters is 1. The van der Waals surface area contributed by atoms with E-state index in [4.69, 9.17) is 10.5 Å². The van der Waals surface area contributed by atoms with E-state index in [9.17, 15) is 27.6 Å². The zero-order chi connectivity index (χ0) is 17.8. The number of nitrogens with two attached hydrogens (primary N) is 1. The summed E-state index contributed by atoms with van der Waals surface area (Å²) in [5.41, 5.74) is 3.74. The summed E-state index contributed by atoms with van der Waals surface area (Å²) in [6.45, 7) is 3.12. The van der Waals surface area contributed by atoms with Crippen molar-refractivity contribution in [3.8, 4) is 0 Å². The summed E-state index contributed by atoms with van der Waals surface area (Å²) < 4.78 is 42.3. The molecule has 0 heterocycles. The minimum absolute atomic E-state index is 0.157. The number of halogens is 3. The van der Waals surface area contributed by atoms with Crippen LogP contribution >= 0.6 is 0 Å². The monoisotopic (exact) mass is 332 g/mol. The largest absolute Gasteiger partial charge is 0.448 e. The van der Waals surface area contributed by atoms with Crippen LogP contribution in [0, 0.1) is 5.92 Å². The molecule has 6 nitrogen and oxygen atoms in total. The molecule has 0 saturated heterocycles. The first kappa shape index (κ1) is 18.5. The van der Waals surface area contributed by atoms with Gasteiger partial charge < -0.3 is 10.5 Å². The number of nitrogens with one attached hydrogen (secondary N) is 1. The van der Waals surface area contributed by atoms with E-state index in [-0.39, 0.29) is 5.56 Å². The molecule has 126 valence electrons. The van der Waals surface area contributed by atoms with E-state index in [1.165, 1.54) is 0 Å². The minimum atomic E-state index is -4.52. The maximum Gasteiger partial charge on any atom is 0.416 e. The standard InChI is InChI=1S/C14H15F3N2O4/c1-7(2)10(11(20)19-13(18)22)23-12(21)8-3-5-9(6-4-8)14(15,16)17/h3-7,10H,1-2H3,(H3,18,19,20,22)/t10-/m0/s1. The number of imide groups is 1. The van der Waals surface area contributed by atoms with Crippen LogP contribution in [0.25, 0.3) is 0 Å². The van der Waals surface area contributed by atoms with E-state index in [0.29, 0.717) is 0 Å². The van der Waals surface area contributed by atoms with Gasteiger partial charge in [0.2, 0.25) is 0 Å². The molecule has 0 aliphatic carbocycles. The number of hydrogen-bond donors (Lipinski definition) is 2. The topological polar surface area (TPSA) is 98.5 Å². The Hall–Kier alpha value is -2.58. The molecule has 1 aromatic carbocycles. The number of benzene rings is 1. The molecule has 0 spiro atoms. The summed E-state index contributed by atoms with van der Waals surface area (Å²) in [6.07, 6.45) is -5.83. The number of amides is 3. The average Bonchev–Trinajstić information content (AvgIpc) is 2.42. The Labute approximate surface area is 129 Å². The van der Waals surface area contributed by atoms with Crippen LogP contribution < -0.4 is 11.1 Å². The molecule has 0 unspecified atom stereocenters. The molecule has 1 aromatic rings. The second-order valence-corrected chi connectivity index (χ2v) is 5.00. The summed E-state index contributed by atoms with van der Waals surface area (Å²) in [6, 6.07) is 2.23. The molecule has 9 heteroatoms. The molecule has 1 atom stereocenters. The summed E-state index contributed by atoms with van der Waals surface area (Å²) in [7, 11) is 0. The first-order valence-corrected chi connectivity index (χ1v) is 6.51. The number of alkyl halides is 3. The normalized spacial score (nSPS) is 12.6. The quantitative estimate of drug-likeness (QED) is 0.825. The molecule has 3 amide bonds. The van der Waals surface area contributed by atoms with E-state index in [1.54, 1.807) is 19.2 Å². The Morgan fingerprint density at radius 1 is 1.13 bits per heavy atom. The van der Waals surface area contributed by atoms with Gasteiger partial charge >= 0.3 is 18.2 Å². The van der Waals surface area contributed by atoms with Gasteiger partial charge in [0.05, 0.1) is 11.1 Å². The number of urea groups is 1. The molecule has 1 rings (SSSR count). The minimum Gasteiger partial charge on any atom is -0.448 e. The molecule has 0 aromatic heterocycles. The van der Waals surface area contributed by atoms with E-state index in [1.807, 2.05) is 0 Å². The van der Waals surface area contributed by atoms with E-state index >= 15 is 0 Å². The molecule has 0 aliphatic heterocycles. The van der Waals surface area contributed by atoms with Gasteiger partial charge in [-0.1, -0.05) is 13.8 Å². The maximum atomic E-state index is 12.5. The van der Waals surface area contributed by atoms with Crippen LogP contribution in [0.15, 0.2) is 24.3 Å². The zero-order valence-corrected chi connectivity index (χ0v) is 12.3. The highest BCUT2D eigenvalue weighted by atomic mass is 19.4. The molecule has 0 fully saturated rings. The molecule has 0 aliphatic rings. The van der Waals surface area contributed by atoms with Crippen LogP contribution in [-0.2, 0) is 15.7 Å². The number of hydrogen-bond acceptors (Lipinski definition) is 4. The van der Waals surface area contributed by atoms with E-state index in [2.05, 4.69) is 0 Å². The van der Waals surface area contributed by atoms with Gasteiger partial charge in [-0.05, 0) is 30.2 Å². The summed E-state index contributed by atoms with van der Waals surface area (Å²) in [5, 5.41) is 1.78. The van der Waals surface area contributed by atoms with Crippen LogP contribution in [0.1, 0.15) is 29.8 Å². The third-order valence-corrected chi connectivity index (χ3v) is 2.79. The van der Waals surface area contributed by atoms with Crippen molar-refractivity contribution in [1.82, 2.24) is 5.32 Å². The Morgan fingerprint density at radius 2 is 1.65 bits per heavy atom. The van der Waals surface area contributed by atoms with Crippen molar-refractivity contribution in [3.63, 3.8) is 0 Å². The highest BCUT2D eigenvalue weighted by Crippen LogP contribution is 2.29. The van der Waals surface area contributed by atoms with Crippen LogP contribution in [0.5, 0.6) is 0 Å². The molecule has 0 saturated carbocycles. The van der Waals surface area contributed by atoms with Gasteiger partial charge in [0.25, 0.3) is 5.91 Å². The Kier molecular flexibility index (Phi) is 5.72. The first-order chi connectivity index (χ1) is 10.5. The van der Waals surface area contributed by atoms with Gasteiger partial charge in [0, 0.05) is 0 Å². The van der Waals surface area contributed by atoms with Gasteiger partial charge in [0.15, 0.2) is 6.10 Å². The summed E-state index contributed by atoms with van der Waals surface area (Å²) >= 11 is 0. The lowest BCUT2D eigenvalue weighted by Gasteiger charge is -2.19. The Bertz CT molecular complexity index is 597. The molecule has 3 N–H and O–H groups in total. The van der Waals surface area contributed by atoms with Gasteiger partial charge in [-0.15, -0.1) is 0 Å². The summed E-state index contributed by atoms with van der Waals surface area (Å²) in [5.74, 6) is -2.38. The Morgan fingerprint density at radius 3 is 2.04 bits per heavy atom. The van der Waals surface area contributed by atoms with Crippen LogP contribution in [-0.4, -0.2) is 24.0 Å². The highest BCUT2D eigenvalue weighted by Gasteiger charge is 2.31. The van der Waals surface area contributed by atoms with Gasteiger partial charge in [-0.3, -0.25) is 10.1 Å². The van der Waals surface area contributed by atoms with Crippen molar-refractivity contribution < 1.29 is 32.3 Å². The third-order valence-electron chi connectivity index (χ3n) is 2.79. The van der Waals surface area contributed by atoms with E-state index < -0.39 is 41.7 Å². The molecular formula is C14H15F3N2O4. The van der Waals surface area contributed by atoms with Crippen molar-refractivity contribution in [2.45, 2.75) is 26.1 Å². The van der Waals surface area contributed by atoms with Crippen LogP contribution in [0.3, 0.4) is 0 Å². The van der Waals surface area contributed by atoms with Gasteiger partial charge in [-0.25, -0.2) is 9.59 Å². The number of carbonyl (C=O) groups excluding carboxylic acids is 3. The maximum absolute atomic E-state index is 12.5. The smallest absolute Gasteiger partial charge is 0.416 e. The van der Waals surface area contributed by atoms with E-state index in [0.717, 1.165) is 24.3 Å². The SMILES string of the molecule is CC(C)[C@H](OC(=O)c1ccc(C(F)(F)F)cc1)C(=O)NC(N)=O. The molecule has 0 radical (unpaired) electrons. The van der Waals surface area contributed by atoms with Crippen molar-refractivity contribution in [2.75, 3.05) is 0 Å². The van der Waals surface area contributed by atoms with Crippen molar-refractivity contribution >= 4 is 17.9 Å². The molecule has 0 bridgehead atoms. The second-order valence-electron chi connectivity index (χ2n) is 5.00. The second kappa shape index (κ2) is 7.12. The van der Waals surface area contributed by atoms with Crippen molar-refractivity contribution in [1.29, 1.82) is 0 Å². The van der Waals surface area contributed by atoms with Gasteiger partial charge in [0.1, 0.15) is 0 Å². The number of carbonyl (C=O) groups is 3. The van der Waals surface area contributed by atoms with Crippen molar-refractivity contribution in [2.24, 2.45) is 11.7 Å². The first-order valence-electron chi connectivity index (χ1n) is 6.51. The fraction of sp³-hybridized carbons (Fsp3) is 0.357. The number of primary amides is 1. The molecule has 23 heavy (non-hydrogen) atoms. The van der Waals surface area contributed by atoms with Crippen LogP contribution in [0.2, 0.25) is 0 Å². The summed E-state index contributed by atoms with van der Waals surface area (Å²) in [4.78, 5) is 34.3. The lowest BCUT2D eigenvalue weighted by Crippen LogP contribution is -2.45. The zero-order valence-electron chi connectivity index (χ0n) is 12.3. The predicted octanol–water partition coefficient (Wildman–Crippen LogP) is 2.08. The predicted molar refractivity (Wildman–Crippen MR) is 73.2 cm³/mol. The third kappa shape index (κ3) is 5.28. The lowest BCUT2D eigenvalue weighted by molar-refractivity contribution is -0.137. The Balaban J connectivity index is 2.87. The molecular weight excluding hydrogens is 317 g/mol. The average molecular weight is 332 g/mol. The van der Waals surface area contributed by atoms with Crippen LogP contribution in [0.4, 0.5) is 18.0 Å². The fourth-order valence-electron chi connectivity index (χ4n) is 1.66.